The Morgan fingerprint density at radius 1 is 0.229 bits per heavy atom. The molecule has 0 aromatic rings. The maximum absolute atomic E-state index is 2.41. The molecule has 10 aliphatic rings. The summed E-state index contributed by atoms with van der Waals surface area (Å²) in [6, 6.07) is 0. The molecule has 0 bridgehead atoms. The fourth-order valence-electron chi connectivity index (χ4n) is 21.5. The molecule has 10 saturated carbocycles. The fourth-order valence-corrected chi connectivity index (χ4v) is 21.5. The molecule has 10 rings (SSSR count). The van der Waals surface area contributed by atoms with Gasteiger partial charge in [0.2, 0.25) is 0 Å². The van der Waals surface area contributed by atoms with Gasteiger partial charge in [0.25, 0.3) is 0 Å². The molecule has 0 nitrogen and oxygen atoms in total. The highest BCUT2D eigenvalue weighted by Gasteiger charge is 2.57. The summed E-state index contributed by atoms with van der Waals surface area (Å²) in [7, 11) is 0. The smallest absolute Gasteiger partial charge is 0.0287 e. The maximum atomic E-state index is 2.41. The first-order valence-electron chi connectivity index (χ1n) is 34.2. The summed E-state index contributed by atoms with van der Waals surface area (Å²) >= 11 is 0. The van der Waals surface area contributed by atoms with Crippen LogP contribution in [0.3, 0.4) is 0 Å². The zero-order chi connectivity index (χ0) is 48.3. The summed E-state index contributed by atoms with van der Waals surface area (Å²) in [6.07, 6.45) is 78.1. The zero-order valence-corrected chi connectivity index (χ0v) is 48.3. The summed E-state index contributed by atoms with van der Waals surface area (Å²) in [6.45, 7) is 9.46. The molecule has 10 aliphatic carbocycles. The second kappa shape index (κ2) is 26.4. The van der Waals surface area contributed by atoms with E-state index in [9.17, 15) is 0 Å². The molecule has 0 heterocycles. The van der Waals surface area contributed by atoms with Crippen LogP contribution in [0.4, 0.5) is 0 Å². The normalized spacial score (nSPS) is 44.4. The Labute approximate surface area is 439 Å². The Balaban J connectivity index is 0.000000176. The number of rotatable bonds is 18. The number of hydrogen-bond acceptors (Lipinski definition) is 0. The summed E-state index contributed by atoms with van der Waals surface area (Å²) < 4.78 is 0. The van der Waals surface area contributed by atoms with Gasteiger partial charge in [0, 0.05) is 0 Å². The van der Waals surface area contributed by atoms with E-state index < -0.39 is 0 Å². The van der Waals surface area contributed by atoms with Crippen molar-refractivity contribution in [1.29, 1.82) is 0 Å². The zero-order valence-electron chi connectivity index (χ0n) is 48.3. The van der Waals surface area contributed by atoms with Gasteiger partial charge in [-0.15, -0.1) is 0 Å². The maximum Gasteiger partial charge on any atom is -0.0287 e. The van der Waals surface area contributed by atoms with Gasteiger partial charge in [0.05, 0.1) is 0 Å². The van der Waals surface area contributed by atoms with E-state index in [4.69, 9.17) is 0 Å². The van der Waals surface area contributed by atoms with Crippen molar-refractivity contribution in [3.8, 4) is 0 Å². The van der Waals surface area contributed by atoms with Gasteiger partial charge < -0.3 is 0 Å². The van der Waals surface area contributed by atoms with Gasteiger partial charge in [-0.05, 0) is 272 Å². The van der Waals surface area contributed by atoms with Crippen molar-refractivity contribution >= 4 is 0 Å². The molecule has 0 amide bonds. The van der Waals surface area contributed by atoms with E-state index in [1.54, 1.807) is 238 Å². The summed E-state index contributed by atoms with van der Waals surface area (Å²) in [4.78, 5) is 0. The number of hydrogen-bond donors (Lipinski definition) is 0. The molecule has 0 aromatic heterocycles. The lowest BCUT2D eigenvalue weighted by atomic mass is 9.43. The third-order valence-electron chi connectivity index (χ3n) is 26.1. The Kier molecular flexibility index (Phi) is 20.6. The molecule has 0 radical (unpaired) electrons. The predicted molar refractivity (Wildman–Crippen MR) is 305 cm³/mol. The standard InChI is InChI=1S/C38H68.C32H56/c1-3-5-7-8-10-12-32-15-19-34(20-16-32)36-23-27-38(28-24-36)29-37(30-38)25-21-35(22-26-37)33-17-13-31(14-18-33)11-9-6-4-2;1-3-5-6-26-9-13-28(14-10-26)30-17-21-32(22-18-30)23-31(24-32)19-15-29(16-20-31)27-11-7-25(4-2)8-12-27/h31-36H,3-30H2,1-2H3;25-30H,3-24H2,1-2H3. The van der Waals surface area contributed by atoms with Crippen LogP contribution in [0.25, 0.3) is 0 Å². The van der Waals surface area contributed by atoms with Crippen LogP contribution in [0.5, 0.6) is 0 Å². The summed E-state index contributed by atoms with van der Waals surface area (Å²) in [5.41, 5.74) is 3.27. The van der Waals surface area contributed by atoms with E-state index in [1.807, 2.05) is 0 Å². The molecule has 4 spiro atoms. The average Bonchev–Trinajstić information content (AvgIpc) is 3.39. The second-order valence-electron chi connectivity index (χ2n) is 30.4. The molecule has 0 heteroatoms. The van der Waals surface area contributed by atoms with Crippen molar-refractivity contribution in [3.05, 3.63) is 0 Å². The van der Waals surface area contributed by atoms with Crippen molar-refractivity contribution in [2.75, 3.05) is 0 Å². The van der Waals surface area contributed by atoms with Gasteiger partial charge >= 0.3 is 0 Å². The lowest BCUT2D eigenvalue weighted by Gasteiger charge is -2.62. The first kappa shape index (κ1) is 54.8. The molecule has 0 aromatic carbocycles. The molecule has 0 unspecified atom stereocenters. The first-order chi connectivity index (χ1) is 34.2. The van der Waals surface area contributed by atoms with Crippen LogP contribution in [-0.4, -0.2) is 0 Å². The van der Waals surface area contributed by atoms with E-state index in [2.05, 4.69) is 27.7 Å². The summed E-state index contributed by atoms with van der Waals surface area (Å²) in [5, 5.41) is 0. The largest absolute Gasteiger partial charge is 0.0654 e. The Morgan fingerprint density at radius 2 is 0.457 bits per heavy atom. The third kappa shape index (κ3) is 14.3. The lowest BCUT2D eigenvalue weighted by Crippen LogP contribution is -2.50. The molecular formula is C70H124. The quantitative estimate of drug-likeness (QED) is 0.120. The van der Waals surface area contributed by atoms with E-state index in [1.165, 1.54) is 83.5 Å². The highest BCUT2D eigenvalue weighted by molar-refractivity contribution is 5.08. The van der Waals surface area contributed by atoms with Crippen molar-refractivity contribution in [2.45, 2.75) is 349 Å². The van der Waals surface area contributed by atoms with Gasteiger partial charge in [-0.2, -0.15) is 0 Å². The Morgan fingerprint density at radius 3 is 0.743 bits per heavy atom. The second-order valence-corrected chi connectivity index (χ2v) is 30.4. The van der Waals surface area contributed by atoms with Gasteiger partial charge in [-0.3, -0.25) is 0 Å². The van der Waals surface area contributed by atoms with E-state index in [0.717, 1.165) is 92.7 Å². The average molecular weight is 966 g/mol. The Hall–Kier alpha value is 0. The molecule has 0 atom stereocenters. The minimum atomic E-state index is 0.815. The molecule has 70 heavy (non-hydrogen) atoms. The molecule has 0 aliphatic heterocycles. The van der Waals surface area contributed by atoms with E-state index in [0.29, 0.717) is 0 Å². The van der Waals surface area contributed by atoms with E-state index >= 15 is 0 Å². The topological polar surface area (TPSA) is 0 Å². The molecular weight excluding hydrogens is 841 g/mol. The SMILES string of the molecule is CCCCC1CCC(C2CCC3(CC2)CC2(CCC(C4CCC(CC)CC4)CC2)C3)CC1.CCCCCCCC1CCC(C2CCC3(CC2)CC2(CCC(C4CCC(CCCCC)CC4)CC2)C3)CC1. The monoisotopic (exact) mass is 965 g/mol. The highest BCUT2D eigenvalue weighted by atomic mass is 14.6. The first-order valence-corrected chi connectivity index (χ1v) is 34.2. The van der Waals surface area contributed by atoms with Gasteiger partial charge in [0.15, 0.2) is 0 Å². The van der Waals surface area contributed by atoms with Crippen LogP contribution in [-0.2, 0) is 0 Å². The molecule has 0 saturated heterocycles. The third-order valence-corrected chi connectivity index (χ3v) is 26.1. The molecule has 404 valence electrons. The summed E-state index contributed by atoms with van der Waals surface area (Å²) in [5.74, 6) is 13.2. The Bertz CT molecular complexity index is 1400. The van der Waals surface area contributed by atoms with Crippen molar-refractivity contribution in [3.63, 3.8) is 0 Å². The highest BCUT2D eigenvalue weighted by Crippen LogP contribution is 2.69. The lowest BCUT2D eigenvalue weighted by molar-refractivity contribution is -0.109. The molecule has 0 N–H and O–H groups in total. The van der Waals surface area contributed by atoms with E-state index in [-0.39, 0.29) is 0 Å². The molecule has 10 fully saturated rings. The van der Waals surface area contributed by atoms with Gasteiger partial charge in [-0.1, -0.05) is 169 Å². The minimum absolute atomic E-state index is 0.815. The van der Waals surface area contributed by atoms with Crippen molar-refractivity contribution in [2.24, 2.45) is 92.7 Å². The van der Waals surface area contributed by atoms with Crippen LogP contribution >= 0.6 is 0 Å². The van der Waals surface area contributed by atoms with Crippen LogP contribution in [0, 0.1) is 92.7 Å². The predicted octanol–water partition coefficient (Wildman–Crippen LogP) is 23.0. The van der Waals surface area contributed by atoms with Gasteiger partial charge in [-0.25, -0.2) is 0 Å². The van der Waals surface area contributed by atoms with Crippen LogP contribution in [0.2, 0.25) is 0 Å². The van der Waals surface area contributed by atoms with Crippen LogP contribution < -0.4 is 0 Å². The van der Waals surface area contributed by atoms with Crippen LogP contribution in [0.1, 0.15) is 349 Å². The fraction of sp³-hybridized carbons (Fsp3) is 1.00. The number of unbranched alkanes of at least 4 members (excludes halogenated alkanes) is 7. The minimum Gasteiger partial charge on any atom is -0.0654 e. The van der Waals surface area contributed by atoms with Crippen molar-refractivity contribution in [1.82, 2.24) is 0 Å². The van der Waals surface area contributed by atoms with Crippen LogP contribution in [0.15, 0.2) is 0 Å². The van der Waals surface area contributed by atoms with Crippen molar-refractivity contribution < 1.29 is 0 Å². The van der Waals surface area contributed by atoms with Gasteiger partial charge in [0.1, 0.15) is 0 Å².